The molecule has 0 heterocycles. The van der Waals surface area contributed by atoms with Crippen LogP contribution in [0.2, 0.25) is 0 Å². The number of nitrogens with two attached hydrogens (primary N) is 1. The summed E-state index contributed by atoms with van der Waals surface area (Å²) >= 11 is 3.31. The third-order valence-electron chi connectivity index (χ3n) is 2.73. The van der Waals surface area contributed by atoms with Crippen molar-refractivity contribution in [1.29, 1.82) is 0 Å². The lowest BCUT2D eigenvalue weighted by atomic mass is 10.1. The minimum atomic E-state index is -0.428. The predicted octanol–water partition coefficient (Wildman–Crippen LogP) is 2.45. The molecule has 0 radical (unpaired) electrons. The van der Waals surface area contributed by atoms with Crippen molar-refractivity contribution >= 4 is 33.5 Å². The quantitative estimate of drug-likeness (QED) is 0.658. The number of esters is 1. The summed E-state index contributed by atoms with van der Waals surface area (Å²) in [6, 6.07) is 4.93. The Kier molecular flexibility index (Phi) is 6.01. The van der Waals surface area contributed by atoms with Gasteiger partial charge in [0.1, 0.15) is 6.54 Å². The van der Waals surface area contributed by atoms with Gasteiger partial charge in [-0.2, -0.15) is 0 Å². The zero-order chi connectivity index (χ0) is 15.3. The van der Waals surface area contributed by atoms with Crippen LogP contribution in [-0.4, -0.2) is 36.0 Å². The van der Waals surface area contributed by atoms with Gasteiger partial charge in [-0.3, -0.25) is 9.59 Å². The lowest BCUT2D eigenvalue weighted by molar-refractivity contribution is -0.144. The number of carbonyl (C=O) groups excluding carboxylic acids is 2. The van der Waals surface area contributed by atoms with E-state index < -0.39 is 5.97 Å². The number of nitrogens with zero attached hydrogens (tertiary/aromatic N) is 1. The molecule has 0 saturated carbocycles. The molecule has 0 aliphatic rings. The van der Waals surface area contributed by atoms with Crippen molar-refractivity contribution in [3.05, 3.63) is 28.2 Å². The van der Waals surface area contributed by atoms with Gasteiger partial charge < -0.3 is 15.4 Å². The van der Waals surface area contributed by atoms with Gasteiger partial charge in [0.25, 0.3) is 5.91 Å². The van der Waals surface area contributed by atoms with Crippen LogP contribution in [0.25, 0.3) is 0 Å². The Hall–Kier alpha value is -1.56. The van der Waals surface area contributed by atoms with E-state index in [2.05, 4.69) is 15.9 Å². The molecule has 0 unspecified atom stereocenters. The van der Waals surface area contributed by atoms with Crippen LogP contribution in [0.4, 0.5) is 5.69 Å². The van der Waals surface area contributed by atoms with E-state index in [4.69, 9.17) is 10.5 Å². The summed E-state index contributed by atoms with van der Waals surface area (Å²) in [7, 11) is 0. The molecule has 1 aromatic carbocycles. The molecule has 1 amide bonds. The fourth-order valence-electron chi connectivity index (χ4n) is 1.70. The number of amides is 1. The average molecular weight is 343 g/mol. The monoisotopic (exact) mass is 342 g/mol. The molecule has 0 aliphatic carbocycles. The largest absolute Gasteiger partial charge is 0.465 e. The Labute approximate surface area is 127 Å². The summed E-state index contributed by atoms with van der Waals surface area (Å²) in [5.74, 6) is -0.713. The van der Waals surface area contributed by atoms with Gasteiger partial charge in [-0.1, -0.05) is 15.9 Å². The second-order valence-electron chi connectivity index (χ2n) is 4.56. The Balaban J connectivity index is 2.99. The van der Waals surface area contributed by atoms with Gasteiger partial charge in [0, 0.05) is 16.2 Å². The maximum Gasteiger partial charge on any atom is 0.325 e. The number of nitrogen functional groups attached to an aromatic ring is 1. The Morgan fingerprint density at radius 1 is 1.40 bits per heavy atom. The highest BCUT2D eigenvalue weighted by atomic mass is 79.9. The van der Waals surface area contributed by atoms with Gasteiger partial charge in [0.05, 0.1) is 12.2 Å². The molecular formula is C14H19BrN2O3. The van der Waals surface area contributed by atoms with Gasteiger partial charge in [0.2, 0.25) is 0 Å². The third-order valence-corrected chi connectivity index (χ3v) is 3.23. The lowest BCUT2D eigenvalue weighted by Crippen LogP contribution is -2.41. The molecule has 1 aromatic rings. The first kappa shape index (κ1) is 16.5. The number of benzene rings is 1. The van der Waals surface area contributed by atoms with E-state index in [0.29, 0.717) is 11.3 Å². The van der Waals surface area contributed by atoms with Crippen LogP contribution < -0.4 is 5.73 Å². The topological polar surface area (TPSA) is 72.6 Å². The molecule has 0 spiro atoms. The van der Waals surface area contributed by atoms with Crippen LogP contribution in [0.3, 0.4) is 0 Å². The van der Waals surface area contributed by atoms with E-state index in [9.17, 15) is 9.59 Å². The highest BCUT2D eigenvalue weighted by Crippen LogP contribution is 2.21. The second kappa shape index (κ2) is 7.28. The van der Waals surface area contributed by atoms with Crippen molar-refractivity contribution in [3.8, 4) is 0 Å². The van der Waals surface area contributed by atoms with E-state index in [1.165, 1.54) is 4.90 Å². The first-order valence-corrected chi connectivity index (χ1v) is 7.17. The Morgan fingerprint density at radius 3 is 2.60 bits per heavy atom. The van der Waals surface area contributed by atoms with Crippen LogP contribution in [0, 0.1) is 0 Å². The number of hydrogen-bond donors (Lipinski definition) is 1. The number of ether oxygens (including phenoxy) is 1. The van der Waals surface area contributed by atoms with Crippen molar-refractivity contribution < 1.29 is 14.3 Å². The smallest absolute Gasteiger partial charge is 0.325 e. The van der Waals surface area contributed by atoms with Crippen LogP contribution in [-0.2, 0) is 9.53 Å². The van der Waals surface area contributed by atoms with Crippen molar-refractivity contribution in [3.63, 3.8) is 0 Å². The molecule has 0 aromatic heterocycles. The van der Waals surface area contributed by atoms with Crippen molar-refractivity contribution in [1.82, 2.24) is 4.90 Å². The lowest BCUT2D eigenvalue weighted by Gasteiger charge is -2.26. The number of rotatable bonds is 5. The van der Waals surface area contributed by atoms with E-state index in [0.717, 1.165) is 4.47 Å². The van der Waals surface area contributed by atoms with E-state index in [1.807, 2.05) is 13.8 Å². The van der Waals surface area contributed by atoms with E-state index in [-0.39, 0.29) is 25.1 Å². The van der Waals surface area contributed by atoms with Gasteiger partial charge >= 0.3 is 5.97 Å². The Morgan fingerprint density at radius 2 is 2.05 bits per heavy atom. The van der Waals surface area contributed by atoms with Crippen LogP contribution in [0.15, 0.2) is 22.7 Å². The maximum absolute atomic E-state index is 12.5. The second-order valence-corrected chi connectivity index (χ2v) is 5.48. The molecular weight excluding hydrogens is 324 g/mol. The fraction of sp³-hybridized carbons (Fsp3) is 0.429. The molecule has 0 atom stereocenters. The summed E-state index contributed by atoms with van der Waals surface area (Å²) in [5.41, 5.74) is 6.59. The van der Waals surface area contributed by atoms with Gasteiger partial charge in [-0.05, 0) is 39.0 Å². The standard InChI is InChI=1S/C14H19BrN2O3/c1-4-20-13(18)8-17(9(2)3)14(19)11-7-10(15)5-6-12(11)16/h5-7,9H,4,8,16H2,1-3H3. The number of hydrogen-bond acceptors (Lipinski definition) is 4. The number of carbonyl (C=O) groups is 2. The van der Waals surface area contributed by atoms with Crippen LogP contribution >= 0.6 is 15.9 Å². The molecule has 0 aliphatic heterocycles. The highest BCUT2D eigenvalue weighted by molar-refractivity contribution is 9.10. The minimum Gasteiger partial charge on any atom is -0.465 e. The summed E-state index contributed by atoms with van der Waals surface area (Å²) in [5, 5.41) is 0. The predicted molar refractivity (Wildman–Crippen MR) is 81.4 cm³/mol. The molecule has 6 heteroatoms. The molecule has 5 nitrogen and oxygen atoms in total. The summed E-state index contributed by atoms with van der Waals surface area (Å²) < 4.78 is 5.65. The average Bonchev–Trinajstić information content (AvgIpc) is 2.38. The van der Waals surface area contributed by atoms with Gasteiger partial charge in [0.15, 0.2) is 0 Å². The molecule has 2 N–H and O–H groups in total. The maximum atomic E-state index is 12.5. The first-order valence-electron chi connectivity index (χ1n) is 6.38. The zero-order valence-corrected chi connectivity index (χ0v) is 13.4. The molecule has 110 valence electrons. The highest BCUT2D eigenvalue weighted by Gasteiger charge is 2.23. The zero-order valence-electron chi connectivity index (χ0n) is 11.9. The van der Waals surface area contributed by atoms with Crippen LogP contribution in [0.5, 0.6) is 0 Å². The van der Waals surface area contributed by atoms with Crippen LogP contribution in [0.1, 0.15) is 31.1 Å². The molecule has 0 fully saturated rings. The number of anilines is 1. The van der Waals surface area contributed by atoms with E-state index in [1.54, 1.807) is 25.1 Å². The Bertz CT molecular complexity index is 503. The minimum absolute atomic E-state index is 0.0870. The summed E-state index contributed by atoms with van der Waals surface area (Å²) in [6.45, 7) is 5.61. The SMILES string of the molecule is CCOC(=O)CN(C(=O)c1cc(Br)ccc1N)C(C)C. The van der Waals surface area contributed by atoms with Crippen molar-refractivity contribution in [2.24, 2.45) is 0 Å². The molecule has 20 heavy (non-hydrogen) atoms. The fourth-order valence-corrected chi connectivity index (χ4v) is 2.06. The van der Waals surface area contributed by atoms with Gasteiger partial charge in [-0.25, -0.2) is 0 Å². The first-order chi connectivity index (χ1) is 9.36. The van der Waals surface area contributed by atoms with E-state index >= 15 is 0 Å². The normalized spacial score (nSPS) is 10.4. The summed E-state index contributed by atoms with van der Waals surface area (Å²) in [6.07, 6.45) is 0. The van der Waals surface area contributed by atoms with Crippen molar-refractivity contribution in [2.75, 3.05) is 18.9 Å². The number of halogens is 1. The molecule has 0 bridgehead atoms. The van der Waals surface area contributed by atoms with Gasteiger partial charge in [-0.15, -0.1) is 0 Å². The molecule has 1 rings (SSSR count). The third kappa shape index (κ3) is 4.23. The summed E-state index contributed by atoms with van der Waals surface area (Å²) in [4.78, 5) is 25.5. The van der Waals surface area contributed by atoms with Crippen molar-refractivity contribution in [2.45, 2.75) is 26.8 Å². The molecule has 0 saturated heterocycles.